The molecule has 7 heteroatoms. The highest BCUT2D eigenvalue weighted by Gasteiger charge is 2.15. The zero-order valence-electron chi connectivity index (χ0n) is 10.9. The van der Waals surface area contributed by atoms with Gasteiger partial charge in [0.1, 0.15) is 29.9 Å². The summed E-state index contributed by atoms with van der Waals surface area (Å²) in [5, 5.41) is 9.67. The molecule has 2 aromatic rings. The minimum absolute atomic E-state index is 0.122. The molecule has 0 saturated carbocycles. The number of hydrogen-bond donors (Lipinski definition) is 2. The number of nitrogens with two attached hydrogens (primary N) is 1. The van der Waals surface area contributed by atoms with Gasteiger partial charge in [-0.15, -0.1) is 0 Å². The molecule has 1 atom stereocenters. The predicted octanol–water partition coefficient (Wildman–Crippen LogP) is 3.12. The van der Waals surface area contributed by atoms with Crippen molar-refractivity contribution < 1.29 is 19.1 Å². The Morgan fingerprint density at radius 1 is 1.29 bits per heavy atom. The Labute approximate surface area is 131 Å². The van der Waals surface area contributed by atoms with Crippen molar-refractivity contribution in [1.82, 2.24) is 0 Å². The number of ether oxygens (including phenoxy) is 1. The van der Waals surface area contributed by atoms with Crippen LogP contribution in [-0.4, -0.2) is 17.1 Å². The Hall–Kier alpha value is -1.69. The van der Waals surface area contributed by atoms with Crippen LogP contribution in [0.3, 0.4) is 0 Å². The molecule has 21 heavy (non-hydrogen) atoms. The van der Waals surface area contributed by atoms with Gasteiger partial charge in [-0.3, -0.25) is 4.79 Å². The van der Waals surface area contributed by atoms with E-state index in [2.05, 4.69) is 0 Å². The maximum Gasteiger partial charge on any atom is 0.320 e. The largest absolute Gasteiger partial charge is 0.484 e. The molecule has 0 amide bonds. The van der Waals surface area contributed by atoms with Crippen LogP contribution in [-0.2, 0) is 17.8 Å². The highest BCUT2D eigenvalue weighted by atomic mass is 35.5. The van der Waals surface area contributed by atoms with Gasteiger partial charge in [-0.25, -0.2) is 0 Å². The van der Waals surface area contributed by atoms with Gasteiger partial charge in [0.2, 0.25) is 0 Å². The average Bonchev–Trinajstić information content (AvgIpc) is 2.85. The van der Waals surface area contributed by atoms with Gasteiger partial charge < -0.3 is 20.0 Å². The number of carboxylic acid groups (broad SMARTS) is 1. The van der Waals surface area contributed by atoms with Crippen molar-refractivity contribution in [2.45, 2.75) is 19.1 Å². The summed E-state index contributed by atoms with van der Waals surface area (Å²) in [6.45, 7) is 0.170. The van der Waals surface area contributed by atoms with Gasteiger partial charge in [-0.1, -0.05) is 23.2 Å². The summed E-state index contributed by atoms with van der Waals surface area (Å²) in [6, 6.07) is 7.30. The van der Waals surface area contributed by atoms with Crippen molar-refractivity contribution in [2.75, 3.05) is 0 Å². The molecular formula is C14H13Cl2NO4. The molecule has 3 N–H and O–H groups in total. The first-order valence-corrected chi connectivity index (χ1v) is 6.85. The molecule has 112 valence electrons. The van der Waals surface area contributed by atoms with Crippen LogP contribution in [0.5, 0.6) is 5.75 Å². The van der Waals surface area contributed by atoms with Crippen LogP contribution in [0.1, 0.15) is 11.5 Å². The summed E-state index contributed by atoms with van der Waals surface area (Å²) >= 11 is 11.8. The van der Waals surface area contributed by atoms with E-state index in [9.17, 15) is 4.79 Å². The van der Waals surface area contributed by atoms with Gasteiger partial charge >= 0.3 is 5.97 Å². The van der Waals surface area contributed by atoms with E-state index in [1.54, 1.807) is 30.3 Å². The SMILES string of the molecule is NC(Cc1ccc(COc2ccc(Cl)cc2Cl)o1)C(=O)O. The lowest BCUT2D eigenvalue weighted by molar-refractivity contribution is -0.138. The minimum Gasteiger partial charge on any atom is -0.484 e. The number of carboxylic acids is 1. The molecule has 0 aliphatic carbocycles. The molecule has 1 unspecified atom stereocenters. The third-order valence-electron chi connectivity index (χ3n) is 2.72. The first kappa shape index (κ1) is 15.7. The molecule has 0 aliphatic heterocycles. The average molecular weight is 330 g/mol. The molecule has 1 aromatic carbocycles. The fraction of sp³-hybridized carbons (Fsp3) is 0.214. The summed E-state index contributed by atoms with van der Waals surface area (Å²) < 4.78 is 11.0. The van der Waals surface area contributed by atoms with Gasteiger partial charge in [0.25, 0.3) is 0 Å². The van der Waals surface area contributed by atoms with Gasteiger partial charge in [-0.2, -0.15) is 0 Å². The first-order valence-electron chi connectivity index (χ1n) is 6.09. The lowest BCUT2D eigenvalue weighted by atomic mass is 10.2. The van der Waals surface area contributed by atoms with Gasteiger partial charge in [0.15, 0.2) is 0 Å². The molecule has 0 aliphatic rings. The Kier molecular flexibility index (Phi) is 5.12. The zero-order valence-corrected chi connectivity index (χ0v) is 12.4. The fourth-order valence-electron chi connectivity index (χ4n) is 1.65. The van der Waals surface area contributed by atoms with Crippen LogP contribution in [0.25, 0.3) is 0 Å². The molecule has 0 spiro atoms. The summed E-state index contributed by atoms with van der Waals surface area (Å²) in [4.78, 5) is 10.7. The topological polar surface area (TPSA) is 85.7 Å². The van der Waals surface area contributed by atoms with Crippen LogP contribution in [0.15, 0.2) is 34.7 Å². The van der Waals surface area contributed by atoms with Gasteiger partial charge in [0, 0.05) is 11.4 Å². The van der Waals surface area contributed by atoms with E-state index in [0.717, 1.165) is 0 Å². The molecule has 0 radical (unpaired) electrons. The monoisotopic (exact) mass is 329 g/mol. The van der Waals surface area contributed by atoms with Crippen LogP contribution >= 0.6 is 23.2 Å². The highest BCUT2D eigenvalue weighted by Crippen LogP contribution is 2.28. The third-order valence-corrected chi connectivity index (χ3v) is 3.25. The maximum absolute atomic E-state index is 10.7. The number of hydrogen-bond acceptors (Lipinski definition) is 4. The molecule has 0 fully saturated rings. The second-order valence-corrected chi connectivity index (χ2v) is 5.22. The second kappa shape index (κ2) is 6.85. The lowest BCUT2D eigenvalue weighted by Crippen LogP contribution is -2.32. The molecule has 0 saturated heterocycles. The number of carbonyl (C=O) groups is 1. The molecule has 0 bridgehead atoms. The van der Waals surface area contributed by atoms with E-state index in [0.29, 0.717) is 27.3 Å². The number of halogens is 2. The number of aliphatic carboxylic acids is 1. The van der Waals surface area contributed by atoms with Crippen molar-refractivity contribution in [2.24, 2.45) is 5.73 Å². The third kappa shape index (κ3) is 4.39. The van der Waals surface area contributed by atoms with Crippen LogP contribution in [0, 0.1) is 0 Å². The van der Waals surface area contributed by atoms with E-state index >= 15 is 0 Å². The fourth-order valence-corrected chi connectivity index (χ4v) is 2.12. The van der Waals surface area contributed by atoms with E-state index in [-0.39, 0.29) is 13.0 Å². The van der Waals surface area contributed by atoms with Crippen LogP contribution in [0.4, 0.5) is 0 Å². The molecular weight excluding hydrogens is 317 g/mol. The first-order chi connectivity index (χ1) is 9.95. The predicted molar refractivity (Wildman–Crippen MR) is 78.8 cm³/mol. The van der Waals surface area contributed by atoms with Crippen molar-refractivity contribution in [3.8, 4) is 5.75 Å². The Bertz CT molecular complexity index is 642. The summed E-state index contributed by atoms with van der Waals surface area (Å²) in [5.41, 5.74) is 5.44. The zero-order chi connectivity index (χ0) is 15.4. The van der Waals surface area contributed by atoms with E-state index < -0.39 is 12.0 Å². The summed E-state index contributed by atoms with van der Waals surface area (Å²) in [5.74, 6) is 0.456. The van der Waals surface area contributed by atoms with Crippen LogP contribution < -0.4 is 10.5 Å². The van der Waals surface area contributed by atoms with Gasteiger partial charge in [0.05, 0.1) is 5.02 Å². The van der Waals surface area contributed by atoms with Crippen molar-refractivity contribution in [3.05, 3.63) is 51.9 Å². The van der Waals surface area contributed by atoms with E-state index in [4.69, 9.17) is 43.2 Å². The smallest absolute Gasteiger partial charge is 0.320 e. The Balaban J connectivity index is 1.95. The normalized spacial score (nSPS) is 12.1. The van der Waals surface area contributed by atoms with E-state index in [1.807, 2.05) is 0 Å². The Morgan fingerprint density at radius 3 is 2.67 bits per heavy atom. The summed E-state index contributed by atoms with van der Waals surface area (Å²) in [7, 11) is 0. The quantitative estimate of drug-likeness (QED) is 0.850. The molecule has 1 heterocycles. The van der Waals surface area contributed by atoms with Crippen molar-refractivity contribution in [3.63, 3.8) is 0 Å². The maximum atomic E-state index is 10.7. The number of benzene rings is 1. The van der Waals surface area contributed by atoms with Crippen molar-refractivity contribution in [1.29, 1.82) is 0 Å². The number of rotatable bonds is 6. The van der Waals surface area contributed by atoms with Crippen LogP contribution in [0.2, 0.25) is 10.0 Å². The highest BCUT2D eigenvalue weighted by molar-refractivity contribution is 6.35. The Morgan fingerprint density at radius 2 is 2.00 bits per heavy atom. The van der Waals surface area contributed by atoms with Gasteiger partial charge in [-0.05, 0) is 30.3 Å². The van der Waals surface area contributed by atoms with E-state index in [1.165, 1.54) is 0 Å². The second-order valence-electron chi connectivity index (χ2n) is 4.38. The molecule has 1 aromatic heterocycles. The standard InChI is InChI=1S/C14H13Cl2NO4/c15-8-1-4-13(11(16)5-8)20-7-10-3-2-9(21-10)6-12(17)14(18)19/h1-5,12H,6-7,17H2,(H,18,19). The van der Waals surface area contributed by atoms with Crippen molar-refractivity contribution >= 4 is 29.2 Å². The lowest BCUT2D eigenvalue weighted by Gasteiger charge is -2.06. The summed E-state index contributed by atoms with van der Waals surface area (Å²) in [6.07, 6.45) is 0.122. The number of furan rings is 1. The minimum atomic E-state index is -1.07. The molecule has 5 nitrogen and oxygen atoms in total. The molecule has 2 rings (SSSR count).